The molecule has 0 saturated heterocycles. The van der Waals surface area contributed by atoms with E-state index in [1.807, 2.05) is 18.2 Å². The van der Waals surface area contributed by atoms with E-state index in [0.29, 0.717) is 40.9 Å². The fourth-order valence-corrected chi connectivity index (χ4v) is 3.92. The first-order valence-corrected chi connectivity index (χ1v) is 11.7. The third-order valence-corrected chi connectivity index (χ3v) is 5.70. The highest BCUT2D eigenvalue weighted by atomic mass is 19.4. The van der Waals surface area contributed by atoms with E-state index in [0.717, 1.165) is 12.2 Å². The summed E-state index contributed by atoms with van der Waals surface area (Å²) in [6, 6.07) is 16.0. The Hall–Kier alpha value is -4.41. The number of carbonyl (C=O) groups excluding carboxylic acids is 2. The van der Waals surface area contributed by atoms with Gasteiger partial charge in [0.1, 0.15) is 17.4 Å². The van der Waals surface area contributed by atoms with E-state index in [-0.39, 0.29) is 0 Å². The predicted octanol–water partition coefficient (Wildman–Crippen LogP) is 5.74. The number of esters is 2. The van der Waals surface area contributed by atoms with Crippen LogP contribution in [0.2, 0.25) is 0 Å². The molecule has 0 spiro atoms. The first kappa shape index (κ1) is 26.6. The summed E-state index contributed by atoms with van der Waals surface area (Å²) >= 11 is 0. The molecule has 2 heterocycles. The van der Waals surface area contributed by atoms with Crippen LogP contribution in [0.1, 0.15) is 29.9 Å². The quantitative estimate of drug-likeness (QED) is 0.118. The second kappa shape index (κ2) is 11.8. The van der Waals surface area contributed by atoms with Gasteiger partial charge in [-0.15, -0.1) is 0 Å². The van der Waals surface area contributed by atoms with Gasteiger partial charge in [0.05, 0.1) is 13.0 Å². The van der Waals surface area contributed by atoms with Gasteiger partial charge in [0.2, 0.25) is 0 Å². The SMILES string of the molecule is O=C(CC(c1ccc(F)cc1)c1c[nH]c2cc(OCCCNc3ccccn3)ccc12)OC(=O)C(F)(F)F. The molecule has 0 saturated carbocycles. The zero-order chi connectivity index (χ0) is 27.1. The number of rotatable bonds is 10. The first-order valence-electron chi connectivity index (χ1n) is 11.7. The number of halogens is 4. The lowest BCUT2D eigenvalue weighted by molar-refractivity contribution is -0.201. The van der Waals surface area contributed by atoms with Crippen LogP contribution in [0.15, 0.2) is 73.1 Å². The first-order chi connectivity index (χ1) is 18.2. The van der Waals surface area contributed by atoms with Gasteiger partial charge < -0.3 is 19.8 Å². The molecule has 4 rings (SSSR count). The number of aromatic nitrogens is 2. The smallest absolute Gasteiger partial charge is 0.491 e. The van der Waals surface area contributed by atoms with Gasteiger partial charge in [-0.2, -0.15) is 13.2 Å². The van der Waals surface area contributed by atoms with Crippen molar-refractivity contribution < 1.29 is 36.6 Å². The van der Waals surface area contributed by atoms with E-state index in [1.54, 1.807) is 30.6 Å². The number of pyridine rings is 1. The summed E-state index contributed by atoms with van der Waals surface area (Å²) in [4.78, 5) is 30.6. The summed E-state index contributed by atoms with van der Waals surface area (Å²) in [7, 11) is 0. The van der Waals surface area contributed by atoms with Gasteiger partial charge in [0.25, 0.3) is 0 Å². The van der Waals surface area contributed by atoms with Gasteiger partial charge in [-0.3, -0.25) is 4.79 Å². The number of alkyl halides is 3. The topological polar surface area (TPSA) is 93.3 Å². The van der Waals surface area contributed by atoms with Crippen molar-refractivity contribution in [2.24, 2.45) is 0 Å². The number of hydrogen-bond acceptors (Lipinski definition) is 6. The maximum atomic E-state index is 13.5. The Balaban J connectivity index is 1.46. The zero-order valence-corrected chi connectivity index (χ0v) is 19.9. The Labute approximate surface area is 214 Å². The number of hydrogen-bond donors (Lipinski definition) is 2. The zero-order valence-electron chi connectivity index (χ0n) is 19.9. The minimum absolute atomic E-state index is 0.441. The molecule has 0 fully saturated rings. The van der Waals surface area contributed by atoms with Crippen molar-refractivity contribution in [3.8, 4) is 5.75 Å². The van der Waals surface area contributed by atoms with Gasteiger partial charge in [-0.25, -0.2) is 14.2 Å². The fourth-order valence-electron chi connectivity index (χ4n) is 3.92. The molecule has 2 aromatic heterocycles. The molecule has 7 nitrogen and oxygen atoms in total. The van der Waals surface area contributed by atoms with Crippen LogP contribution in [0.5, 0.6) is 5.75 Å². The Morgan fingerprint density at radius 2 is 1.84 bits per heavy atom. The van der Waals surface area contributed by atoms with Crippen molar-refractivity contribution in [3.63, 3.8) is 0 Å². The van der Waals surface area contributed by atoms with E-state index in [9.17, 15) is 27.2 Å². The standard InChI is InChI=1S/C27H23F4N3O4/c28-18-7-5-17(6-8-18)21(15-25(35)38-26(36)27(29,30)31)22-16-34-23-14-19(9-10-20(22)23)37-13-3-12-33-24-4-1-2-11-32-24/h1-2,4-11,14,16,21,34H,3,12-13,15H2,(H,32,33). The molecular formula is C27H23F4N3O4. The van der Waals surface area contributed by atoms with Crippen molar-refractivity contribution in [3.05, 3.63) is 90.0 Å². The number of anilines is 1. The lowest BCUT2D eigenvalue weighted by Crippen LogP contribution is -2.28. The fraction of sp³-hybridized carbons (Fsp3) is 0.222. The number of fused-ring (bicyclic) bond motifs is 1. The van der Waals surface area contributed by atoms with Crippen LogP contribution in [0, 0.1) is 5.82 Å². The Kier molecular flexibility index (Phi) is 8.25. The van der Waals surface area contributed by atoms with Crippen LogP contribution in [-0.4, -0.2) is 41.2 Å². The maximum Gasteiger partial charge on any atom is 0.491 e. The second-order valence-electron chi connectivity index (χ2n) is 8.36. The Morgan fingerprint density at radius 3 is 2.55 bits per heavy atom. The number of nitrogens with zero attached hydrogens (tertiary/aromatic N) is 1. The summed E-state index contributed by atoms with van der Waals surface area (Å²) in [5.41, 5.74) is 1.69. The molecule has 2 N–H and O–H groups in total. The molecule has 11 heteroatoms. The largest absolute Gasteiger partial charge is 0.493 e. The van der Waals surface area contributed by atoms with Crippen LogP contribution in [-0.2, 0) is 14.3 Å². The molecule has 0 aliphatic rings. The lowest BCUT2D eigenvalue weighted by atomic mass is 9.88. The molecule has 1 unspecified atom stereocenters. The summed E-state index contributed by atoms with van der Waals surface area (Å²) < 4.78 is 61.0. The molecule has 2 aromatic carbocycles. The van der Waals surface area contributed by atoms with E-state index in [4.69, 9.17) is 4.74 Å². The van der Waals surface area contributed by atoms with Crippen molar-refractivity contribution in [2.75, 3.05) is 18.5 Å². The van der Waals surface area contributed by atoms with Crippen LogP contribution in [0.25, 0.3) is 10.9 Å². The molecular weight excluding hydrogens is 506 g/mol. The number of nitrogens with one attached hydrogen (secondary N) is 2. The van der Waals surface area contributed by atoms with Gasteiger partial charge in [0.15, 0.2) is 0 Å². The summed E-state index contributed by atoms with van der Waals surface area (Å²) in [6.45, 7) is 1.11. The Morgan fingerprint density at radius 1 is 1.05 bits per heavy atom. The summed E-state index contributed by atoms with van der Waals surface area (Å²) in [5.74, 6) is -3.89. The summed E-state index contributed by atoms with van der Waals surface area (Å²) in [6.07, 6.45) is -1.84. The molecule has 4 aromatic rings. The van der Waals surface area contributed by atoms with Gasteiger partial charge in [0, 0.05) is 41.8 Å². The van der Waals surface area contributed by atoms with E-state index >= 15 is 0 Å². The van der Waals surface area contributed by atoms with Crippen molar-refractivity contribution in [1.29, 1.82) is 0 Å². The van der Waals surface area contributed by atoms with Crippen LogP contribution in [0.3, 0.4) is 0 Å². The monoisotopic (exact) mass is 529 g/mol. The second-order valence-corrected chi connectivity index (χ2v) is 8.36. The summed E-state index contributed by atoms with van der Waals surface area (Å²) in [5, 5.41) is 3.87. The van der Waals surface area contributed by atoms with Crippen molar-refractivity contribution in [2.45, 2.75) is 24.9 Å². The third kappa shape index (κ3) is 6.87. The number of carbonyl (C=O) groups is 2. The van der Waals surface area contributed by atoms with Crippen LogP contribution >= 0.6 is 0 Å². The highest BCUT2D eigenvalue weighted by Crippen LogP contribution is 2.35. The molecule has 38 heavy (non-hydrogen) atoms. The molecule has 0 aliphatic heterocycles. The number of benzene rings is 2. The van der Waals surface area contributed by atoms with E-state index in [1.165, 1.54) is 24.3 Å². The Bertz CT molecular complexity index is 1390. The normalized spacial score (nSPS) is 12.2. The highest BCUT2D eigenvalue weighted by molar-refractivity contribution is 5.90. The minimum Gasteiger partial charge on any atom is -0.493 e. The lowest BCUT2D eigenvalue weighted by Gasteiger charge is -2.17. The van der Waals surface area contributed by atoms with E-state index < -0.39 is 36.3 Å². The van der Waals surface area contributed by atoms with Crippen LogP contribution in [0.4, 0.5) is 23.4 Å². The van der Waals surface area contributed by atoms with Crippen LogP contribution < -0.4 is 10.1 Å². The molecule has 1 atom stereocenters. The van der Waals surface area contributed by atoms with Gasteiger partial charge in [-0.1, -0.05) is 18.2 Å². The number of aromatic amines is 1. The maximum absolute atomic E-state index is 13.5. The molecule has 0 radical (unpaired) electrons. The average molecular weight is 529 g/mol. The van der Waals surface area contributed by atoms with Gasteiger partial charge >= 0.3 is 18.1 Å². The third-order valence-electron chi connectivity index (χ3n) is 5.70. The minimum atomic E-state index is -5.30. The van der Waals surface area contributed by atoms with Gasteiger partial charge in [-0.05, 0) is 53.9 Å². The average Bonchev–Trinajstić information content (AvgIpc) is 3.31. The number of ether oxygens (including phenoxy) is 2. The van der Waals surface area contributed by atoms with Crippen molar-refractivity contribution >= 4 is 28.7 Å². The van der Waals surface area contributed by atoms with Crippen molar-refractivity contribution in [1.82, 2.24) is 9.97 Å². The predicted molar refractivity (Wildman–Crippen MR) is 131 cm³/mol. The molecule has 0 amide bonds. The number of H-pyrrole nitrogens is 1. The molecule has 0 bridgehead atoms. The van der Waals surface area contributed by atoms with E-state index in [2.05, 4.69) is 20.0 Å². The highest BCUT2D eigenvalue weighted by Gasteiger charge is 2.42. The molecule has 0 aliphatic carbocycles. The molecule has 198 valence electrons.